The first-order valence-corrected chi connectivity index (χ1v) is 11.9. The highest BCUT2D eigenvalue weighted by molar-refractivity contribution is 6.20. The Labute approximate surface area is 178 Å². The molecule has 4 fully saturated rings. The van der Waals surface area contributed by atoms with Crippen LogP contribution < -0.4 is 21.7 Å². The molecule has 2 saturated carbocycles. The van der Waals surface area contributed by atoms with Crippen LogP contribution in [0.1, 0.15) is 45.4 Å². The maximum Gasteiger partial charge on any atom is 0.257 e. The number of alkyl halides is 2. The minimum absolute atomic E-state index is 0.168. The fraction of sp³-hybridized carbons (Fsp3) is 0.952. The minimum atomic E-state index is -1.61. The van der Waals surface area contributed by atoms with E-state index in [1.165, 1.54) is 12.8 Å². The SMILES string of the molecule is CC1CCC(C2NCC(CNC(=O)C3(F)CC3)C(N3CC[C@@H](CN)C3)N2)CC1Cl. The first-order valence-electron chi connectivity index (χ1n) is 11.4. The topological polar surface area (TPSA) is 82.4 Å². The van der Waals surface area contributed by atoms with Crippen molar-refractivity contribution in [3.8, 4) is 0 Å². The Balaban J connectivity index is 1.39. The molecule has 0 radical (unpaired) electrons. The highest BCUT2D eigenvalue weighted by Crippen LogP contribution is 2.40. The van der Waals surface area contributed by atoms with Gasteiger partial charge in [-0.2, -0.15) is 0 Å². The van der Waals surface area contributed by atoms with Crippen LogP contribution >= 0.6 is 11.6 Å². The number of likely N-dealkylation sites (tertiary alicyclic amines) is 1. The summed E-state index contributed by atoms with van der Waals surface area (Å²) in [5, 5.41) is 10.6. The molecule has 6 unspecified atom stereocenters. The zero-order valence-electron chi connectivity index (χ0n) is 17.5. The number of amides is 1. The van der Waals surface area contributed by atoms with Gasteiger partial charge in [-0.05, 0) is 62.8 Å². The lowest BCUT2D eigenvalue weighted by molar-refractivity contribution is -0.127. The second-order valence-electron chi connectivity index (χ2n) is 9.88. The number of halogens is 2. The van der Waals surface area contributed by atoms with Crippen molar-refractivity contribution >= 4 is 17.5 Å². The van der Waals surface area contributed by atoms with Crippen LogP contribution in [0.25, 0.3) is 0 Å². The average molecular weight is 430 g/mol. The van der Waals surface area contributed by atoms with Gasteiger partial charge in [0.25, 0.3) is 5.91 Å². The van der Waals surface area contributed by atoms with E-state index in [-0.39, 0.29) is 23.6 Å². The summed E-state index contributed by atoms with van der Waals surface area (Å²) in [5.74, 6) is 1.38. The van der Waals surface area contributed by atoms with Crippen molar-refractivity contribution in [3.05, 3.63) is 0 Å². The third-order valence-electron chi connectivity index (χ3n) is 7.67. The molecule has 2 aliphatic heterocycles. The van der Waals surface area contributed by atoms with E-state index in [1.54, 1.807) is 0 Å². The Morgan fingerprint density at radius 3 is 2.79 bits per heavy atom. The van der Waals surface area contributed by atoms with Gasteiger partial charge >= 0.3 is 0 Å². The quantitative estimate of drug-likeness (QED) is 0.480. The van der Waals surface area contributed by atoms with Crippen LogP contribution in [0.15, 0.2) is 0 Å². The van der Waals surface area contributed by atoms with Crippen LogP contribution in [-0.4, -0.2) is 66.9 Å². The van der Waals surface area contributed by atoms with Crippen LogP contribution in [0.5, 0.6) is 0 Å². The van der Waals surface area contributed by atoms with E-state index in [0.29, 0.717) is 43.7 Å². The van der Waals surface area contributed by atoms with Crippen molar-refractivity contribution < 1.29 is 9.18 Å². The van der Waals surface area contributed by atoms with Gasteiger partial charge in [-0.1, -0.05) is 6.92 Å². The zero-order valence-corrected chi connectivity index (χ0v) is 18.3. The van der Waals surface area contributed by atoms with E-state index in [9.17, 15) is 9.18 Å². The summed E-state index contributed by atoms with van der Waals surface area (Å²) in [5.41, 5.74) is 4.30. The molecule has 2 saturated heterocycles. The molecule has 8 heteroatoms. The smallest absolute Gasteiger partial charge is 0.257 e. The van der Waals surface area contributed by atoms with E-state index >= 15 is 0 Å². The fourth-order valence-corrected chi connectivity index (χ4v) is 5.64. The molecule has 5 N–H and O–H groups in total. The molecule has 7 atom stereocenters. The molecule has 0 aromatic rings. The Bertz CT molecular complexity index is 591. The van der Waals surface area contributed by atoms with Crippen LogP contribution in [-0.2, 0) is 4.79 Å². The highest BCUT2D eigenvalue weighted by Gasteiger charge is 2.51. The van der Waals surface area contributed by atoms with E-state index in [4.69, 9.17) is 17.3 Å². The predicted molar refractivity (Wildman–Crippen MR) is 113 cm³/mol. The third-order valence-corrected chi connectivity index (χ3v) is 8.28. The standard InChI is InChI=1S/C21H37ClFN5O/c1-13-2-3-15(8-17(13)22)18-25-10-16(11-26-20(29)21(23)5-6-21)19(27-18)28-7-4-14(9-24)12-28/h13-19,25,27H,2-12,24H2,1H3,(H,26,29)/t13?,14-,15?,16?,17?,18?,19?/m0/s1. The predicted octanol–water partition coefficient (Wildman–Crippen LogP) is 1.39. The van der Waals surface area contributed by atoms with Crippen molar-refractivity contribution in [3.63, 3.8) is 0 Å². The molecule has 166 valence electrons. The molecule has 4 aliphatic rings. The van der Waals surface area contributed by atoms with Crippen LogP contribution in [0.4, 0.5) is 4.39 Å². The van der Waals surface area contributed by atoms with E-state index in [2.05, 4.69) is 27.8 Å². The van der Waals surface area contributed by atoms with Crippen molar-refractivity contribution in [1.29, 1.82) is 0 Å². The largest absolute Gasteiger partial charge is 0.353 e. The number of hydrogen-bond acceptors (Lipinski definition) is 5. The fourth-order valence-electron chi connectivity index (χ4n) is 5.29. The van der Waals surface area contributed by atoms with Crippen molar-refractivity contribution in [2.24, 2.45) is 29.4 Å². The molecule has 0 aromatic carbocycles. The number of nitrogens with one attached hydrogen (secondary N) is 3. The van der Waals surface area contributed by atoms with Gasteiger partial charge in [0.2, 0.25) is 0 Å². The molecule has 1 amide bonds. The van der Waals surface area contributed by atoms with Gasteiger partial charge < -0.3 is 16.4 Å². The summed E-state index contributed by atoms with van der Waals surface area (Å²) in [6.45, 7) is 6.26. The maximum absolute atomic E-state index is 14.0. The summed E-state index contributed by atoms with van der Waals surface area (Å²) in [7, 11) is 0. The second-order valence-corrected chi connectivity index (χ2v) is 10.4. The molecular weight excluding hydrogens is 393 g/mol. The van der Waals surface area contributed by atoms with E-state index in [1.807, 2.05) is 0 Å². The Hall–Kier alpha value is -0.470. The Morgan fingerprint density at radius 1 is 1.34 bits per heavy atom. The first kappa shape index (κ1) is 21.8. The molecule has 0 aromatic heterocycles. The molecule has 0 bridgehead atoms. The number of carbonyl (C=O) groups excluding carboxylic acids is 1. The van der Waals surface area contributed by atoms with Gasteiger partial charge in [-0.3, -0.25) is 15.0 Å². The third kappa shape index (κ3) is 4.90. The minimum Gasteiger partial charge on any atom is -0.353 e. The normalized spacial score (nSPS) is 42.6. The molecule has 29 heavy (non-hydrogen) atoms. The summed E-state index contributed by atoms with van der Waals surface area (Å²) >= 11 is 6.58. The number of carbonyl (C=O) groups is 1. The molecule has 0 spiro atoms. The molecule has 2 heterocycles. The van der Waals surface area contributed by atoms with E-state index in [0.717, 1.165) is 32.5 Å². The van der Waals surface area contributed by atoms with Crippen molar-refractivity contribution in [2.75, 3.05) is 32.7 Å². The molecular formula is C21H37ClFN5O. The highest BCUT2D eigenvalue weighted by atomic mass is 35.5. The van der Waals surface area contributed by atoms with Gasteiger partial charge in [0, 0.05) is 37.5 Å². The van der Waals surface area contributed by atoms with Crippen LogP contribution in [0.2, 0.25) is 0 Å². The van der Waals surface area contributed by atoms with E-state index < -0.39 is 11.6 Å². The lowest BCUT2D eigenvalue weighted by atomic mass is 9.80. The molecule has 2 aliphatic carbocycles. The zero-order chi connectivity index (χ0) is 20.6. The van der Waals surface area contributed by atoms with Crippen molar-refractivity contribution in [1.82, 2.24) is 20.9 Å². The maximum atomic E-state index is 14.0. The van der Waals surface area contributed by atoms with Crippen LogP contribution in [0.3, 0.4) is 0 Å². The summed E-state index contributed by atoms with van der Waals surface area (Å²) in [6, 6.07) is 0. The van der Waals surface area contributed by atoms with Gasteiger partial charge in [0.15, 0.2) is 5.67 Å². The summed E-state index contributed by atoms with van der Waals surface area (Å²) < 4.78 is 14.0. The number of hydrogen-bond donors (Lipinski definition) is 4. The number of nitrogens with zero attached hydrogens (tertiary/aromatic N) is 1. The van der Waals surface area contributed by atoms with Gasteiger partial charge in [0.1, 0.15) is 0 Å². The monoisotopic (exact) mass is 429 g/mol. The number of nitrogens with two attached hydrogens (primary N) is 1. The summed E-state index contributed by atoms with van der Waals surface area (Å²) in [4.78, 5) is 14.6. The van der Waals surface area contributed by atoms with Gasteiger partial charge in [-0.25, -0.2) is 4.39 Å². The second kappa shape index (κ2) is 8.95. The van der Waals surface area contributed by atoms with Gasteiger partial charge in [0.05, 0.1) is 12.3 Å². The molecule has 6 nitrogen and oxygen atoms in total. The first-order chi connectivity index (χ1) is 13.9. The summed E-state index contributed by atoms with van der Waals surface area (Å²) in [6.07, 6.45) is 5.60. The van der Waals surface area contributed by atoms with Crippen LogP contribution in [0, 0.1) is 23.7 Å². The van der Waals surface area contributed by atoms with Crippen molar-refractivity contribution in [2.45, 2.75) is 68.8 Å². The average Bonchev–Trinajstić information content (AvgIpc) is 3.30. The molecule has 4 rings (SSSR count). The Kier molecular flexibility index (Phi) is 6.71. The lowest BCUT2D eigenvalue weighted by Gasteiger charge is -2.47. The number of rotatable bonds is 6. The van der Waals surface area contributed by atoms with Gasteiger partial charge in [-0.15, -0.1) is 11.6 Å². The lowest BCUT2D eigenvalue weighted by Crippen LogP contribution is -2.67. The Morgan fingerprint density at radius 2 is 2.14 bits per heavy atom.